The van der Waals surface area contributed by atoms with E-state index < -0.39 is 0 Å². The minimum atomic E-state index is -0.353. The van der Waals surface area contributed by atoms with E-state index in [2.05, 4.69) is 21.2 Å². The number of carbonyl (C=O) groups excluding carboxylic acids is 1. The van der Waals surface area contributed by atoms with Crippen LogP contribution in [0.5, 0.6) is 5.75 Å². The van der Waals surface area contributed by atoms with Gasteiger partial charge in [-0.15, -0.1) is 0 Å². The average Bonchev–Trinajstić information content (AvgIpc) is 2.42. The van der Waals surface area contributed by atoms with Gasteiger partial charge in [-0.1, -0.05) is 18.5 Å². The second-order valence-electron chi connectivity index (χ2n) is 4.86. The number of hydrogen-bond donors (Lipinski definition) is 2. The minimum Gasteiger partial charge on any atom is -0.506 e. The van der Waals surface area contributed by atoms with E-state index in [-0.39, 0.29) is 30.2 Å². The molecule has 0 aliphatic heterocycles. The van der Waals surface area contributed by atoms with E-state index >= 15 is 0 Å². The van der Waals surface area contributed by atoms with Crippen LogP contribution in [0.15, 0.2) is 16.6 Å². The highest BCUT2D eigenvalue weighted by Crippen LogP contribution is 2.36. The number of aromatic hydroxyl groups is 1. The maximum absolute atomic E-state index is 11.8. The lowest BCUT2D eigenvalue weighted by molar-refractivity contribution is -0.143. The molecule has 118 valence electrons. The van der Waals surface area contributed by atoms with Gasteiger partial charge < -0.3 is 15.2 Å². The number of esters is 1. The number of carbonyl (C=O) groups is 1. The van der Waals surface area contributed by atoms with E-state index in [4.69, 9.17) is 16.3 Å². The third-order valence-corrected chi connectivity index (χ3v) is 4.03. The van der Waals surface area contributed by atoms with Gasteiger partial charge in [-0.05, 0) is 48.3 Å². The molecule has 1 unspecified atom stereocenters. The van der Waals surface area contributed by atoms with Crippen molar-refractivity contribution >= 4 is 33.5 Å². The molecular weight excluding hydrogens is 358 g/mol. The summed E-state index contributed by atoms with van der Waals surface area (Å²) < 4.78 is 5.51. The number of phenolic OH excluding ortho intramolecular Hbond substituents is 1. The summed E-state index contributed by atoms with van der Waals surface area (Å²) in [5, 5.41) is 14.0. The number of halogens is 2. The molecule has 2 atom stereocenters. The summed E-state index contributed by atoms with van der Waals surface area (Å²) in [6.07, 6.45) is 1.04. The highest BCUT2D eigenvalue weighted by atomic mass is 79.9. The van der Waals surface area contributed by atoms with Crippen LogP contribution in [0.2, 0.25) is 5.02 Å². The Labute approximate surface area is 139 Å². The first-order chi connectivity index (χ1) is 9.88. The molecular formula is C15H21BrClNO3. The van der Waals surface area contributed by atoms with Crippen molar-refractivity contribution < 1.29 is 14.6 Å². The maximum atomic E-state index is 11.8. The van der Waals surface area contributed by atoms with Crippen LogP contribution in [0.4, 0.5) is 0 Å². The van der Waals surface area contributed by atoms with Gasteiger partial charge in [0.1, 0.15) is 5.75 Å². The van der Waals surface area contributed by atoms with Gasteiger partial charge in [0.25, 0.3) is 0 Å². The SMILES string of the molecule is CCOC(=O)C[C@H](NC(C)CC)c1cc(Cl)cc(Br)c1O. The number of phenols is 1. The molecule has 4 nitrogen and oxygen atoms in total. The third kappa shape index (κ3) is 5.49. The Kier molecular flexibility index (Phi) is 7.49. The lowest BCUT2D eigenvalue weighted by Crippen LogP contribution is -2.32. The maximum Gasteiger partial charge on any atom is 0.307 e. The molecule has 0 aromatic heterocycles. The van der Waals surface area contributed by atoms with Crippen LogP contribution in [-0.4, -0.2) is 23.7 Å². The molecule has 0 aliphatic carbocycles. The van der Waals surface area contributed by atoms with Gasteiger partial charge in [-0.25, -0.2) is 0 Å². The van der Waals surface area contributed by atoms with Crippen molar-refractivity contribution in [2.24, 2.45) is 0 Å². The van der Waals surface area contributed by atoms with E-state index in [1.54, 1.807) is 19.1 Å². The number of benzene rings is 1. The third-order valence-electron chi connectivity index (χ3n) is 3.21. The van der Waals surface area contributed by atoms with Crippen molar-refractivity contribution in [3.8, 4) is 5.75 Å². The van der Waals surface area contributed by atoms with E-state index in [9.17, 15) is 9.90 Å². The van der Waals surface area contributed by atoms with Crippen molar-refractivity contribution in [2.75, 3.05) is 6.61 Å². The largest absolute Gasteiger partial charge is 0.506 e. The van der Waals surface area contributed by atoms with Crippen molar-refractivity contribution in [2.45, 2.75) is 45.7 Å². The van der Waals surface area contributed by atoms with E-state index in [1.807, 2.05) is 13.8 Å². The molecule has 0 bridgehead atoms. The fraction of sp³-hybridized carbons (Fsp3) is 0.533. The summed E-state index contributed by atoms with van der Waals surface area (Å²) in [5.74, 6) is -0.224. The lowest BCUT2D eigenvalue weighted by atomic mass is 10.0. The van der Waals surface area contributed by atoms with E-state index in [1.165, 1.54) is 0 Å². The fourth-order valence-electron chi connectivity index (χ4n) is 1.96. The molecule has 2 N–H and O–H groups in total. The number of hydrogen-bond acceptors (Lipinski definition) is 4. The van der Waals surface area contributed by atoms with Crippen LogP contribution < -0.4 is 5.32 Å². The zero-order valence-corrected chi connectivity index (χ0v) is 14.8. The Bertz CT molecular complexity index is 496. The molecule has 1 aromatic rings. The summed E-state index contributed by atoms with van der Waals surface area (Å²) >= 11 is 9.32. The zero-order valence-electron chi connectivity index (χ0n) is 12.5. The quantitative estimate of drug-likeness (QED) is 0.698. The van der Waals surface area contributed by atoms with Gasteiger partial charge in [0.05, 0.1) is 17.5 Å². The predicted octanol–water partition coefficient (Wildman–Crippen LogP) is 4.19. The van der Waals surface area contributed by atoms with Crippen LogP contribution in [0.25, 0.3) is 0 Å². The van der Waals surface area contributed by atoms with Crippen LogP contribution >= 0.6 is 27.5 Å². The lowest BCUT2D eigenvalue weighted by Gasteiger charge is -2.23. The predicted molar refractivity (Wildman–Crippen MR) is 87.7 cm³/mol. The Morgan fingerprint density at radius 3 is 2.71 bits per heavy atom. The number of ether oxygens (including phenoxy) is 1. The normalized spacial score (nSPS) is 13.8. The summed E-state index contributed by atoms with van der Waals surface area (Å²) in [6, 6.07) is 3.13. The molecule has 0 aliphatic rings. The molecule has 0 amide bonds. The Morgan fingerprint density at radius 2 is 2.14 bits per heavy atom. The summed E-state index contributed by atoms with van der Waals surface area (Å²) in [6.45, 7) is 6.17. The molecule has 0 spiro atoms. The molecule has 21 heavy (non-hydrogen) atoms. The van der Waals surface area contributed by atoms with Gasteiger partial charge in [-0.2, -0.15) is 0 Å². The second kappa shape index (κ2) is 8.61. The molecule has 0 radical (unpaired) electrons. The molecule has 0 heterocycles. The molecule has 1 aromatic carbocycles. The second-order valence-corrected chi connectivity index (χ2v) is 6.15. The van der Waals surface area contributed by atoms with Crippen LogP contribution in [0, 0.1) is 0 Å². The average molecular weight is 379 g/mol. The van der Waals surface area contributed by atoms with Gasteiger partial charge in [-0.3, -0.25) is 4.79 Å². The smallest absolute Gasteiger partial charge is 0.307 e. The van der Waals surface area contributed by atoms with Crippen LogP contribution in [0.3, 0.4) is 0 Å². The highest BCUT2D eigenvalue weighted by molar-refractivity contribution is 9.10. The minimum absolute atomic E-state index is 0.0875. The van der Waals surface area contributed by atoms with Crippen molar-refractivity contribution in [3.05, 3.63) is 27.2 Å². The summed E-state index contributed by atoms with van der Waals surface area (Å²) in [4.78, 5) is 11.8. The van der Waals surface area contributed by atoms with Crippen molar-refractivity contribution in [1.29, 1.82) is 0 Å². The summed E-state index contributed by atoms with van der Waals surface area (Å²) in [5.41, 5.74) is 0.586. The van der Waals surface area contributed by atoms with Gasteiger partial charge in [0.15, 0.2) is 0 Å². The highest BCUT2D eigenvalue weighted by Gasteiger charge is 2.23. The molecule has 0 saturated heterocycles. The zero-order chi connectivity index (χ0) is 16.0. The Morgan fingerprint density at radius 1 is 1.48 bits per heavy atom. The Hall–Kier alpha value is -0.780. The van der Waals surface area contributed by atoms with Gasteiger partial charge >= 0.3 is 5.97 Å². The van der Waals surface area contributed by atoms with Gasteiger partial charge in [0, 0.05) is 22.7 Å². The number of rotatable bonds is 7. The standard InChI is InChI=1S/C15H21BrClNO3/c1-4-9(3)18-13(8-14(19)21-5-2)11-6-10(17)7-12(16)15(11)20/h6-7,9,13,18,20H,4-5,8H2,1-3H3/t9?,13-/m0/s1. The molecule has 0 saturated carbocycles. The fourth-order valence-corrected chi connectivity index (χ4v) is 2.79. The van der Waals surface area contributed by atoms with E-state index in [0.29, 0.717) is 21.7 Å². The summed E-state index contributed by atoms with van der Waals surface area (Å²) in [7, 11) is 0. The molecule has 1 rings (SSSR count). The number of nitrogens with one attached hydrogen (secondary N) is 1. The first-order valence-electron chi connectivity index (χ1n) is 6.98. The Balaban J connectivity index is 3.08. The van der Waals surface area contributed by atoms with Crippen LogP contribution in [0.1, 0.15) is 45.2 Å². The molecule has 0 fully saturated rings. The van der Waals surface area contributed by atoms with Gasteiger partial charge in [0.2, 0.25) is 0 Å². The topological polar surface area (TPSA) is 58.6 Å². The van der Waals surface area contributed by atoms with Crippen molar-refractivity contribution in [3.63, 3.8) is 0 Å². The van der Waals surface area contributed by atoms with E-state index in [0.717, 1.165) is 6.42 Å². The monoisotopic (exact) mass is 377 g/mol. The first-order valence-corrected chi connectivity index (χ1v) is 8.15. The van der Waals surface area contributed by atoms with Crippen LogP contribution in [-0.2, 0) is 9.53 Å². The van der Waals surface area contributed by atoms with Crippen molar-refractivity contribution in [1.82, 2.24) is 5.32 Å². The molecule has 6 heteroatoms. The first kappa shape index (κ1) is 18.3.